The van der Waals surface area contributed by atoms with Crippen LogP contribution >= 0.6 is 11.6 Å². The highest BCUT2D eigenvalue weighted by molar-refractivity contribution is 7.89. The van der Waals surface area contributed by atoms with E-state index in [0.29, 0.717) is 6.42 Å². The maximum Gasteiger partial charge on any atom is 0.242 e. The van der Waals surface area contributed by atoms with Crippen LogP contribution in [0.25, 0.3) is 0 Å². The maximum absolute atomic E-state index is 12.0. The molecule has 0 saturated carbocycles. The first kappa shape index (κ1) is 17.9. The zero-order valence-corrected chi connectivity index (χ0v) is 13.5. The standard InChI is InChI=1S/C11H14ClN3O4S2/c1-20(16,17)14-5-2-6-15-21(18,19)11-4-3-9(8-13)7-10(11)12/h3-4,7,14-15H,2,5-6H2,1H3. The van der Waals surface area contributed by atoms with E-state index >= 15 is 0 Å². The van der Waals surface area contributed by atoms with Gasteiger partial charge in [-0.3, -0.25) is 0 Å². The van der Waals surface area contributed by atoms with Crippen molar-refractivity contribution in [3.05, 3.63) is 28.8 Å². The van der Waals surface area contributed by atoms with Gasteiger partial charge >= 0.3 is 0 Å². The van der Waals surface area contributed by atoms with Gasteiger partial charge in [-0.05, 0) is 24.6 Å². The SMILES string of the molecule is CS(=O)(=O)NCCCNS(=O)(=O)c1ccc(C#N)cc1Cl. The van der Waals surface area contributed by atoms with Gasteiger partial charge in [-0.15, -0.1) is 0 Å². The van der Waals surface area contributed by atoms with Crippen LogP contribution in [0.5, 0.6) is 0 Å². The van der Waals surface area contributed by atoms with Crippen molar-refractivity contribution >= 4 is 31.6 Å². The van der Waals surface area contributed by atoms with Gasteiger partial charge in [-0.1, -0.05) is 11.6 Å². The Balaban J connectivity index is 2.64. The van der Waals surface area contributed by atoms with Crippen LogP contribution in [-0.4, -0.2) is 36.2 Å². The Labute approximate surface area is 129 Å². The van der Waals surface area contributed by atoms with Crippen molar-refractivity contribution in [2.45, 2.75) is 11.3 Å². The van der Waals surface area contributed by atoms with Gasteiger partial charge in [-0.2, -0.15) is 5.26 Å². The summed E-state index contributed by atoms with van der Waals surface area (Å²) in [5.74, 6) is 0. The van der Waals surface area contributed by atoms with Crippen LogP contribution in [0, 0.1) is 11.3 Å². The molecule has 0 heterocycles. The van der Waals surface area contributed by atoms with Crippen LogP contribution in [0.4, 0.5) is 0 Å². The predicted octanol–water partition coefficient (Wildman–Crippen LogP) is 0.429. The van der Waals surface area contributed by atoms with Gasteiger partial charge in [0.1, 0.15) is 4.90 Å². The van der Waals surface area contributed by atoms with E-state index in [1.165, 1.54) is 18.2 Å². The van der Waals surface area contributed by atoms with Crippen molar-refractivity contribution in [1.82, 2.24) is 9.44 Å². The summed E-state index contributed by atoms with van der Waals surface area (Å²) in [7, 11) is -7.09. The summed E-state index contributed by atoms with van der Waals surface area (Å²) < 4.78 is 50.2. The maximum atomic E-state index is 12.0. The van der Waals surface area contributed by atoms with Gasteiger partial charge in [0, 0.05) is 13.1 Å². The van der Waals surface area contributed by atoms with Crippen molar-refractivity contribution in [1.29, 1.82) is 5.26 Å². The van der Waals surface area contributed by atoms with Crippen LogP contribution in [0.1, 0.15) is 12.0 Å². The van der Waals surface area contributed by atoms with E-state index in [-0.39, 0.29) is 28.6 Å². The number of hydrogen-bond acceptors (Lipinski definition) is 5. The minimum atomic E-state index is -3.80. The third-order valence-electron chi connectivity index (χ3n) is 2.36. The smallest absolute Gasteiger partial charge is 0.215 e. The average Bonchev–Trinajstić information content (AvgIpc) is 2.36. The molecular formula is C11H14ClN3O4S2. The Morgan fingerprint density at radius 2 is 1.81 bits per heavy atom. The van der Waals surface area contributed by atoms with Crippen molar-refractivity contribution in [2.24, 2.45) is 0 Å². The van der Waals surface area contributed by atoms with Gasteiger partial charge in [0.05, 0.1) is 22.9 Å². The van der Waals surface area contributed by atoms with Crippen LogP contribution in [0.15, 0.2) is 23.1 Å². The minimum Gasteiger partial charge on any atom is -0.215 e. The molecule has 1 aromatic rings. The van der Waals surface area contributed by atoms with Gasteiger partial charge in [-0.25, -0.2) is 26.3 Å². The lowest BCUT2D eigenvalue weighted by atomic mass is 10.2. The van der Waals surface area contributed by atoms with Crippen molar-refractivity contribution in [3.63, 3.8) is 0 Å². The number of halogens is 1. The third kappa shape index (κ3) is 5.99. The van der Waals surface area contributed by atoms with Crippen molar-refractivity contribution < 1.29 is 16.8 Å². The summed E-state index contributed by atoms with van der Waals surface area (Å²) in [6.07, 6.45) is 1.31. The summed E-state index contributed by atoms with van der Waals surface area (Å²) in [5, 5.41) is 8.65. The van der Waals surface area contributed by atoms with Crippen LogP contribution in [0.3, 0.4) is 0 Å². The van der Waals surface area contributed by atoms with E-state index in [1.807, 2.05) is 6.07 Å². The fraction of sp³-hybridized carbons (Fsp3) is 0.364. The van der Waals surface area contributed by atoms with Gasteiger partial charge < -0.3 is 0 Å². The molecular weight excluding hydrogens is 338 g/mol. The minimum absolute atomic E-state index is 0.0455. The van der Waals surface area contributed by atoms with Gasteiger partial charge in [0.2, 0.25) is 20.0 Å². The second-order valence-corrected chi connectivity index (χ2v) is 8.15. The quantitative estimate of drug-likeness (QED) is 0.691. The lowest BCUT2D eigenvalue weighted by Gasteiger charge is -2.08. The van der Waals surface area contributed by atoms with E-state index in [4.69, 9.17) is 16.9 Å². The van der Waals surface area contributed by atoms with Crippen LogP contribution in [-0.2, 0) is 20.0 Å². The first-order valence-electron chi connectivity index (χ1n) is 5.80. The van der Waals surface area contributed by atoms with Gasteiger partial charge in [0.15, 0.2) is 0 Å². The fourth-order valence-corrected chi connectivity index (χ4v) is 3.55. The molecule has 2 N–H and O–H groups in total. The molecule has 116 valence electrons. The highest BCUT2D eigenvalue weighted by Gasteiger charge is 2.17. The topological polar surface area (TPSA) is 116 Å². The van der Waals surface area contributed by atoms with Crippen molar-refractivity contribution in [2.75, 3.05) is 19.3 Å². The Kier molecular flexibility index (Phi) is 6.12. The van der Waals surface area contributed by atoms with Crippen LogP contribution < -0.4 is 9.44 Å². The molecule has 0 aliphatic heterocycles. The van der Waals surface area contributed by atoms with E-state index in [1.54, 1.807) is 0 Å². The lowest BCUT2D eigenvalue weighted by Crippen LogP contribution is -2.29. The molecule has 0 fully saturated rings. The number of nitriles is 1. The molecule has 0 aliphatic rings. The number of rotatable bonds is 7. The van der Waals surface area contributed by atoms with Crippen molar-refractivity contribution in [3.8, 4) is 6.07 Å². The molecule has 7 nitrogen and oxygen atoms in total. The monoisotopic (exact) mass is 351 g/mol. The fourth-order valence-electron chi connectivity index (χ4n) is 1.42. The summed E-state index contributed by atoms with van der Waals surface area (Å²) in [6, 6.07) is 5.72. The number of nitrogens with zero attached hydrogens (tertiary/aromatic N) is 1. The number of hydrogen-bond donors (Lipinski definition) is 2. The van der Waals surface area contributed by atoms with E-state index in [2.05, 4.69) is 9.44 Å². The van der Waals surface area contributed by atoms with Crippen LogP contribution in [0.2, 0.25) is 5.02 Å². The Hall–Kier alpha value is -1.18. The normalized spacial score (nSPS) is 12.0. The van der Waals surface area contributed by atoms with E-state index < -0.39 is 20.0 Å². The summed E-state index contributed by atoms with van der Waals surface area (Å²) in [6.45, 7) is 0.184. The average molecular weight is 352 g/mol. The molecule has 0 bridgehead atoms. The number of nitrogens with one attached hydrogen (secondary N) is 2. The van der Waals surface area contributed by atoms with E-state index in [0.717, 1.165) is 6.26 Å². The first-order chi connectivity index (χ1) is 9.65. The molecule has 0 amide bonds. The third-order valence-corrected chi connectivity index (χ3v) is 5.03. The number of benzene rings is 1. The molecule has 1 aromatic carbocycles. The second-order valence-electron chi connectivity index (χ2n) is 4.17. The number of sulfonamides is 2. The summed E-state index contributed by atoms with van der Waals surface area (Å²) >= 11 is 5.83. The summed E-state index contributed by atoms with van der Waals surface area (Å²) in [5.41, 5.74) is 0.260. The lowest BCUT2D eigenvalue weighted by molar-refractivity contribution is 0.575. The molecule has 0 saturated heterocycles. The molecule has 10 heteroatoms. The zero-order valence-electron chi connectivity index (χ0n) is 11.1. The molecule has 0 radical (unpaired) electrons. The molecule has 0 aromatic heterocycles. The predicted molar refractivity (Wildman–Crippen MR) is 78.8 cm³/mol. The highest BCUT2D eigenvalue weighted by atomic mass is 35.5. The summed E-state index contributed by atoms with van der Waals surface area (Å²) in [4.78, 5) is -0.126. The Morgan fingerprint density at radius 3 is 2.33 bits per heavy atom. The zero-order chi connectivity index (χ0) is 16.1. The van der Waals surface area contributed by atoms with Gasteiger partial charge in [0.25, 0.3) is 0 Å². The second kappa shape index (κ2) is 7.20. The molecule has 0 aliphatic carbocycles. The Bertz CT molecular complexity index is 754. The highest BCUT2D eigenvalue weighted by Crippen LogP contribution is 2.22. The first-order valence-corrected chi connectivity index (χ1v) is 9.55. The molecule has 0 atom stereocenters. The molecule has 1 rings (SSSR count). The molecule has 0 spiro atoms. The molecule has 21 heavy (non-hydrogen) atoms. The van der Waals surface area contributed by atoms with E-state index in [9.17, 15) is 16.8 Å². The Morgan fingerprint density at radius 1 is 1.19 bits per heavy atom. The molecule has 0 unspecified atom stereocenters. The largest absolute Gasteiger partial charge is 0.242 e.